The molecule has 0 saturated carbocycles. The van der Waals surface area contributed by atoms with Gasteiger partial charge in [0.15, 0.2) is 0 Å². The summed E-state index contributed by atoms with van der Waals surface area (Å²) >= 11 is 0. The molecule has 0 atom stereocenters. The Bertz CT molecular complexity index is 205. The lowest BCUT2D eigenvalue weighted by Crippen LogP contribution is -2.57. The third-order valence-corrected chi connectivity index (χ3v) is 3.57. The Hall–Kier alpha value is -0.0800. The van der Waals surface area contributed by atoms with Gasteiger partial charge in [0.2, 0.25) is 0 Å². The summed E-state index contributed by atoms with van der Waals surface area (Å²) in [7, 11) is 0. The zero-order valence-corrected chi connectivity index (χ0v) is 15.5. The Balaban J connectivity index is 4.68. The molecule has 0 aromatic heterocycles. The minimum absolute atomic E-state index is 0.747. The highest BCUT2D eigenvalue weighted by Crippen LogP contribution is 2.18. The second-order valence-corrected chi connectivity index (χ2v) is 8.39. The van der Waals surface area contributed by atoms with Crippen LogP contribution in [-0.4, -0.2) is 43.8 Å². The standard InChI is InChI=1S/C18H41N2/c1-15(2)11-19-9-10-20(12-16(3)4,13-17(5)6)14-18(7)8/h15-19H,9-14H2,1-8H3/q+1. The molecule has 0 aliphatic heterocycles. The van der Waals surface area contributed by atoms with E-state index >= 15 is 0 Å². The van der Waals surface area contributed by atoms with Gasteiger partial charge in [0.05, 0.1) is 26.2 Å². The van der Waals surface area contributed by atoms with Gasteiger partial charge in [0.25, 0.3) is 0 Å². The molecule has 0 saturated heterocycles. The molecule has 0 heterocycles. The maximum Gasteiger partial charge on any atom is 0.0913 e. The van der Waals surface area contributed by atoms with Crippen molar-refractivity contribution in [3.63, 3.8) is 0 Å². The predicted octanol–water partition coefficient (Wildman–Crippen LogP) is 4.02. The zero-order valence-electron chi connectivity index (χ0n) is 15.5. The molecule has 0 unspecified atom stereocenters. The highest BCUT2D eigenvalue weighted by atomic mass is 15.4. The Labute approximate surface area is 128 Å². The summed E-state index contributed by atoms with van der Waals surface area (Å²) in [6.07, 6.45) is 0. The van der Waals surface area contributed by atoms with Gasteiger partial charge < -0.3 is 9.80 Å². The van der Waals surface area contributed by atoms with Crippen molar-refractivity contribution in [1.82, 2.24) is 5.32 Å². The smallest absolute Gasteiger partial charge is 0.0913 e. The van der Waals surface area contributed by atoms with Gasteiger partial charge in [-0.15, -0.1) is 0 Å². The fourth-order valence-electron chi connectivity index (χ4n) is 3.53. The number of hydrogen-bond donors (Lipinski definition) is 1. The minimum Gasteiger partial charge on any atom is -0.322 e. The number of quaternary nitrogens is 1. The first-order chi connectivity index (χ1) is 9.17. The van der Waals surface area contributed by atoms with Crippen molar-refractivity contribution >= 4 is 0 Å². The van der Waals surface area contributed by atoms with Crippen molar-refractivity contribution in [1.29, 1.82) is 0 Å². The average molecular weight is 286 g/mol. The van der Waals surface area contributed by atoms with Crippen molar-refractivity contribution in [3.05, 3.63) is 0 Å². The molecular formula is C18H41N2+. The van der Waals surface area contributed by atoms with E-state index in [4.69, 9.17) is 0 Å². The first-order valence-corrected chi connectivity index (χ1v) is 8.72. The van der Waals surface area contributed by atoms with Gasteiger partial charge in [0, 0.05) is 24.3 Å². The van der Waals surface area contributed by atoms with Crippen molar-refractivity contribution in [2.45, 2.75) is 55.4 Å². The molecule has 0 aromatic rings. The third kappa shape index (κ3) is 9.77. The van der Waals surface area contributed by atoms with Crippen LogP contribution in [0.1, 0.15) is 55.4 Å². The van der Waals surface area contributed by atoms with Crippen molar-refractivity contribution in [2.75, 3.05) is 39.3 Å². The summed E-state index contributed by atoms with van der Waals surface area (Å²) < 4.78 is 1.29. The molecular weight excluding hydrogens is 244 g/mol. The SMILES string of the molecule is CC(C)CNCC[N+](CC(C)C)(CC(C)C)CC(C)C. The summed E-state index contributed by atoms with van der Waals surface area (Å²) in [6, 6.07) is 0. The van der Waals surface area contributed by atoms with E-state index < -0.39 is 0 Å². The van der Waals surface area contributed by atoms with E-state index in [1.807, 2.05) is 0 Å². The molecule has 0 spiro atoms. The van der Waals surface area contributed by atoms with Gasteiger partial charge in [0.1, 0.15) is 0 Å². The molecule has 0 aliphatic rings. The number of rotatable bonds is 11. The van der Waals surface area contributed by atoms with Crippen molar-refractivity contribution in [3.8, 4) is 0 Å². The normalized spacial score (nSPS) is 13.2. The van der Waals surface area contributed by atoms with E-state index in [0.717, 1.165) is 36.8 Å². The topological polar surface area (TPSA) is 12.0 Å². The van der Waals surface area contributed by atoms with Crippen LogP contribution < -0.4 is 5.32 Å². The van der Waals surface area contributed by atoms with Crippen LogP contribution in [0.4, 0.5) is 0 Å². The molecule has 0 fully saturated rings. The van der Waals surface area contributed by atoms with Gasteiger partial charge in [-0.2, -0.15) is 0 Å². The molecule has 122 valence electrons. The van der Waals surface area contributed by atoms with Gasteiger partial charge >= 0.3 is 0 Å². The second kappa shape index (κ2) is 9.78. The summed E-state index contributed by atoms with van der Waals surface area (Å²) in [4.78, 5) is 0. The first kappa shape index (κ1) is 19.9. The maximum atomic E-state index is 3.64. The summed E-state index contributed by atoms with van der Waals surface area (Å²) in [5, 5.41) is 3.64. The Morgan fingerprint density at radius 1 is 0.650 bits per heavy atom. The number of nitrogens with zero attached hydrogens (tertiary/aromatic N) is 1. The van der Waals surface area contributed by atoms with Crippen LogP contribution in [0.2, 0.25) is 0 Å². The van der Waals surface area contributed by atoms with Crippen LogP contribution in [0.3, 0.4) is 0 Å². The molecule has 0 rings (SSSR count). The van der Waals surface area contributed by atoms with Crippen molar-refractivity contribution in [2.24, 2.45) is 23.7 Å². The molecule has 0 amide bonds. The lowest BCUT2D eigenvalue weighted by molar-refractivity contribution is -0.935. The lowest BCUT2D eigenvalue weighted by Gasteiger charge is -2.43. The number of hydrogen-bond acceptors (Lipinski definition) is 1. The molecule has 0 aromatic carbocycles. The average Bonchev–Trinajstić information content (AvgIpc) is 2.20. The highest BCUT2D eigenvalue weighted by molar-refractivity contribution is 4.58. The lowest BCUT2D eigenvalue weighted by atomic mass is 10.0. The summed E-state index contributed by atoms with van der Waals surface area (Å²) in [5.74, 6) is 3.07. The van der Waals surface area contributed by atoms with E-state index in [2.05, 4.69) is 60.7 Å². The van der Waals surface area contributed by atoms with E-state index in [9.17, 15) is 0 Å². The second-order valence-electron chi connectivity index (χ2n) is 8.39. The van der Waals surface area contributed by atoms with Gasteiger partial charge in [-0.1, -0.05) is 55.4 Å². The number of nitrogens with one attached hydrogen (secondary N) is 1. The fourth-order valence-corrected chi connectivity index (χ4v) is 3.53. The van der Waals surface area contributed by atoms with Crippen LogP contribution in [0.5, 0.6) is 0 Å². The molecule has 0 aliphatic carbocycles. The summed E-state index contributed by atoms with van der Waals surface area (Å²) in [5.41, 5.74) is 0. The Morgan fingerprint density at radius 2 is 1.05 bits per heavy atom. The van der Waals surface area contributed by atoms with Crippen LogP contribution >= 0.6 is 0 Å². The highest BCUT2D eigenvalue weighted by Gasteiger charge is 2.30. The zero-order chi connectivity index (χ0) is 15.8. The van der Waals surface area contributed by atoms with E-state index in [-0.39, 0.29) is 0 Å². The maximum absolute atomic E-state index is 3.64. The van der Waals surface area contributed by atoms with E-state index in [1.165, 1.54) is 30.7 Å². The fraction of sp³-hybridized carbons (Fsp3) is 1.00. The van der Waals surface area contributed by atoms with Crippen LogP contribution in [0.25, 0.3) is 0 Å². The molecule has 2 nitrogen and oxygen atoms in total. The first-order valence-electron chi connectivity index (χ1n) is 8.72. The monoisotopic (exact) mass is 285 g/mol. The van der Waals surface area contributed by atoms with Crippen LogP contribution in [-0.2, 0) is 0 Å². The summed E-state index contributed by atoms with van der Waals surface area (Å²) in [6.45, 7) is 26.3. The van der Waals surface area contributed by atoms with Crippen molar-refractivity contribution < 1.29 is 4.48 Å². The largest absolute Gasteiger partial charge is 0.322 e. The Kier molecular flexibility index (Phi) is 9.74. The quantitative estimate of drug-likeness (QED) is 0.447. The molecule has 0 radical (unpaired) electrons. The van der Waals surface area contributed by atoms with Gasteiger partial charge in [-0.25, -0.2) is 0 Å². The minimum atomic E-state index is 0.747. The third-order valence-electron chi connectivity index (χ3n) is 3.57. The van der Waals surface area contributed by atoms with E-state index in [1.54, 1.807) is 0 Å². The molecule has 1 N–H and O–H groups in total. The van der Waals surface area contributed by atoms with Gasteiger partial charge in [-0.3, -0.25) is 0 Å². The molecule has 2 heteroatoms. The molecule has 0 bridgehead atoms. The van der Waals surface area contributed by atoms with E-state index in [0.29, 0.717) is 0 Å². The Morgan fingerprint density at radius 3 is 1.35 bits per heavy atom. The predicted molar refractivity (Wildman–Crippen MR) is 92.0 cm³/mol. The van der Waals surface area contributed by atoms with Crippen LogP contribution in [0, 0.1) is 23.7 Å². The molecule has 20 heavy (non-hydrogen) atoms. The van der Waals surface area contributed by atoms with Gasteiger partial charge in [-0.05, 0) is 12.5 Å². The van der Waals surface area contributed by atoms with Crippen LogP contribution in [0.15, 0.2) is 0 Å².